The third-order valence-corrected chi connectivity index (χ3v) is 2.46. The molecule has 0 fully saturated rings. The summed E-state index contributed by atoms with van der Waals surface area (Å²) < 4.78 is 0. The highest BCUT2D eigenvalue weighted by atomic mass is 35.5. The van der Waals surface area contributed by atoms with Crippen molar-refractivity contribution < 1.29 is 14.7 Å². The standard InChI is InChI=1S/C11H13ClN2O3/c1-6(10(15)13-2)14-9-4-3-7(12)5-8(9)11(16)17/h3-6,14H,1-2H3,(H,13,15)(H,16,17). The van der Waals surface area contributed by atoms with Crippen molar-refractivity contribution in [3.05, 3.63) is 28.8 Å². The van der Waals surface area contributed by atoms with Crippen LogP contribution in [0.1, 0.15) is 17.3 Å². The number of carboxylic acids is 1. The third-order valence-electron chi connectivity index (χ3n) is 2.22. The van der Waals surface area contributed by atoms with Crippen molar-refractivity contribution in [3.63, 3.8) is 0 Å². The molecule has 1 aromatic rings. The Kier molecular flexibility index (Phi) is 4.34. The van der Waals surface area contributed by atoms with E-state index in [0.717, 1.165) is 0 Å². The fraction of sp³-hybridized carbons (Fsp3) is 0.273. The summed E-state index contributed by atoms with van der Waals surface area (Å²) in [6.07, 6.45) is 0. The van der Waals surface area contributed by atoms with Gasteiger partial charge < -0.3 is 15.7 Å². The lowest BCUT2D eigenvalue weighted by molar-refractivity contribution is -0.121. The highest BCUT2D eigenvalue weighted by molar-refractivity contribution is 6.31. The molecule has 0 radical (unpaired) electrons. The van der Waals surface area contributed by atoms with Crippen molar-refractivity contribution in [2.24, 2.45) is 0 Å². The average molecular weight is 257 g/mol. The Morgan fingerprint density at radius 3 is 2.59 bits per heavy atom. The van der Waals surface area contributed by atoms with Gasteiger partial charge >= 0.3 is 5.97 Å². The molecule has 17 heavy (non-hydrogen) atoms. The quantitative estimate of drug-likeness (QED) is 0.764. The van der Waals surface area contributed by atoms with Crippen LogP contribution in [0.4, 0.5) is 5.69 Å². The predicted molar refractivity (Wildman–Crippen MR) is 65.6 cm³/mol. The Balaban J connectivity index is 2.98. The van der Waals surface area contributed by atoms with Crippen LogP contribution in [0.5, 0.6) is 0 Å². The second-order valence-corrected chi connectivity index (χ2v) is 3.91. The van der Waals surface area contributed by atoms with Crippen LogP contribution < -0.4 is 10.6 Å². The lowest BCUT2D eigenvalue weighted by Gasteiger charge is -2.15. The van der Waals surface area contributed by atoms with Gasteiger partial charge in [0.1, 0.15) is 6.04 Å². The maximum Gasteiger partial charge on any atom is 0.337 e. The normalized spacial score (nSPS) is 11.7. The molecule has 0 saturated heterocycles. The van der Waals surface area contributed by atoms with E-state index in [-0.39, 0.29) is 11.5 Å². The Morgan fingerprint density at radius 1 is 1.41 bits per heavy atom. The molecule has 0 heterocycles. The summed E-state index contributed by atoms with van der Waals surface area (Å²) >= 11 is 5.72. The lowest BCUT2D eigenvalue weighted by atomic mass is 10.1. The fourth-order valence-corrected chi connectivity index (χ4v) is 1.51. The van der Waals surface area contributed by atoms with Crippen molar-refractivity contribution >= 4 is 29.2 Å². The number of benzene rings is 1. The zero-order chi connectivity index (χ0) is 13.0. The van der Waals surface area contributed by atoms with Crippen LogP contribution in [-0.2, 0) is 4.79 Å². The van der Waals surface area contributed by atoms with Crippen molar-refractivity contribution in [2.45, 2.75) is 13.0 Å². The summed E-state index contributed by atoms with van der Waals surface area (Å²) in [5, 5.41) is 14.6. The first-order valence-corrected chi connectivity index (χ1v) is 5.34. The van der Waals surface area contributed by atoms with Crippen LogP contribution >= 0.6 is 11.6 Å². The summed E-state index contributed by atoms with van der Waals surface area (Å²) in [6.45, 7) is 1.64. The molecule has 1 atom stereocenters. The number of carboxylic acid groups (broad SMARTS) is 1. The number of carbonyl (C=O) groups is 2. The number of hydrogen-bond acceptors (Lipinski definition) is 3. The minimum atomic E-state index is -1.10. The van der Waals surface area contributed by atoms with Gasteiger partial charge in [-0.05, 0) is 25.1 Å². The van der Waals surface area contributed by atoms with Crippen molar-refractivity contribution in [1.82, 2.24) is 5.32 Å². The highest BCUT2D eigenvalue weighted by Crippen LogP contribution is 2.21. The minimum absolute atomic E-state index is 0.0354. The highest BCUT2D eigenvalue weighted by Gasteiger charge is 2.15. The van der Waals surface area contributed by atoms with Crippen LogP contribution in [0.3, 0.4) is 0 Å². The van der Waals surface area contributed by atoms with Crippen molar-refractivity contribution in [1.29, 1.82) is 0 Å². The Morgan fingerprint density at radius 2 is 2.06 bits per heavy atom. The predicted octanol–water partition coefficient (Wildman–Crippen LogP) is 1.58. The number of rotatable bonds is 4. The molecule has 1 unspecified atom stereocenters. The molecule has 0 spiro atoms. The smallest absolute Gasteiger partial charge is 0.337 e. The molecule has 5 nitrogen and oxygen atoms in total. The van der Waals surface area contributed by atoms with Gasteiger partial charge in [-0.3, -0.25) is 4.79 Å². The maximum absolute atomic E-state index is 11.3. The molecule has 1 aromatic carbocycles. The molecule has 3 N–H and O–H groups in total. The molecule has 0 aliphatic carbocycles. The monoisotopic (exact) mass is 256 g/mol. The molecule has 0 aliphatic rings. The molecular formula is C11H13ClN2O3. The molecule has 0 aromatic heterocycles. The molecule has 6 heteroatoms. The maximum atomic E-state index is 11.3. The van der Waals surface area contributed by atoms with E-state index < -0.39 is 12.0 Å². The van der Waals surface area contributed by atoms with Crippen LogP contribution in [0.25, 0.3) is 0 Å². The molecule has 0 aliphatic heterocycles. The van der Waals surface area contributed by atoms with Crippen LogP contribution in [-0.4, -0.2) is 30.1 Å². The Labute approximate surface area is 104 Å². The van der Waals surface area contributed by atoms with Crippen LogP contribution in [0.2, 0.25) is 5.02 Å². The number of nitrogens with one attached hydrogen (secondary N) is 2. The second kappa shape index (κ2) is 5.54. The zero-order valence-electron chi connectivity index (χ0n) is 9.45. The number of likely N-dealkylation sites (N-methyl/N-ethyl adjacent to an activating group) is 1. The van der Waals surface area contributed by atoms with Gasteiger partial charge in [-0.25, -0.2) is 4.79 Å². The SMILES string of the molecule is CNC(=O)C(C)Nc1ccc(Cl)cc1C(=O)O. The summed E-state index contributed by atoms with van der Waals surface area (Å²) in [6, 6.07) is 3.90. The molecule has 1 amide bonds. The van der Waals surface area contributed by atoms with Gasteiger partial charge in [-0.15, -0.1) is 0 Å². The molecular weight excluding hydrogens is 244 g/mol. The summed E-state index contributed by atoms with van der Waals surface area (Å²) in [7, 11) is 1.51. The average Bonchev–Trinajstić information content (AvgIpc) is 2.29. The molecule has 0 bridgehead atoms. The third kappa shape index (κ3) is 3.35. The van der Waals surface area contributed by atoms with Gasteiger partial charge in [0.05, 0.1) is 5.56 Å². The van der Waals surface area contributed by atoms with Crippen molar-refractivity contribution in [3.8, 4) is 0 Å². The van der Waals surface area contributed by atoms with E-state index in [1.807, 2.05) is 0 Å². The summed E-state index contributed by atoms with van der Waals surface area (Å²) in [5.41, 5.74) is 0.395. The zero-order valence-corrected chi connectivity index (χ0v) is 10.2. The number of aromatic carboxylic acids is 1. The minimum Gasteiger partial charge on any atom is -0.478 e. The number of hydrogen-bond donors (Lipinski definition) is 3. The van der Waals surface area contributed by atoms with Crippen molar-refractivity contribution in [2.75, 3.05) is 12.4 Å². The van der Waals surface area contributed by atoms with Gasteiger partial charge in [0, 0.05) is 17.8 Å². The van der Waals surface area contributed by atoms with Gasteiger partial charge in [0.25, 0.3) is 0 Å². The number of amides is 1. The van der Waals surface area contributed by atoms with E-state index >= 15 is 0 Å². The number of anilines is 1. The van der Waals surface area contributed by atoms with E-state index in [4.69, 9.17) is 16.7 Å². The van der Waals surface area contributed by atoms with Gasteiger partial charge in [-0.1, -0.05) is 11.6 Å². The van der Waals surface area contributed by atoms with Gasteiger partial charge in [0.15, 0.2) is 0 Å². The molecule has 92 valence electrons. The Bertz CT molecular complexity index is 448. The topological polar surface area (TPSA) is 78.4 Å². The molecule has 1 rings (SSSR count). The first kappa shape index (κ1) is 13.3. The van der Waals surface area contributed by atoms with E-state index in [0.29, 0.717) is 10.7 Å². The van der Waals surface area contributed by atoms with Gasteiger partial charge in [0.2, 0.25) is 5.91 Å². The summed E-state index contributed by atoms with van der Waals surface area (Å²) in [4.78, 5) is 22.3. The largest absolute Gasteiger partial charge is 0.478 e. The summed E-state index contributed by atoms with van der Waals surface area (Å²) in [5.74, 6) is -1.32. The van der Waals surface area contributed by atoms with Gasteiger partial charge in [-0.2, -0.15) is 0 Å². The van der Waals surface area contributed by atoms with E-state index in [1.165, 1.54) is 19.2 Å². The van der Waals surface area contributed by atoms with E-state index in [2.05, 4.69) is 10.6 Å². The number of halogens is 1. The first-order valence-electron chi connectivity index (χ1n) is 4.96. The number of carbonyl (C=O) groups excluding carboxylic acids is 1. The van der Waals surface area contributed by atoms with E-state index in [1.54, 1.807) is 13.0 Å². The van der Waals surface area contributed by atoms with Crippen LogP contribution in [0, 0.1) is 0 Å². The fourth-order valence-electron chi connectivity index (χ4n) is 1.33. The first-order chi connectivity index (χ1) is 7.95. The molecule has 0 saturated carbocycles. The Hall–Kier alpha value is -1.75. The van der Waals surface area contributed by atoms with Crippen LogP contribution in [0.15, 0.2) is 18.2 Å². The lowest BCUT2D eigenvalue weighted by Crippen LogP contribution is -2.35. The van der Waals surface area contributed by atoms with E-state index in [9.17, 15) is 9.59 Å². The second-order valence-electron chi connectivity index (χ2n) is 3.48.